The molecule has 34 heavy (non-hydrogen) atoms. The molecule has 5 nitrogen and oxygen atoms in total. The molecule has 1 aliphatic carbocycles. The summed E-state index contributed by atoms with van der Waals surface area (Å²) in [6.07, 6.45) is 2.40. The van der Waals surface area contributed by atoms with Crippen LogP contribution in [0.2, 0.25) is 0 Å². The van der Waals surface area contributed by atoms with Crippen molar-refractivity contribution in [1.82, 2.24) is 0 Å². The Labute approximate surface area is 198 Å². The van der Waals surface area contributed by atoms with Crippen LogP contribution < -0.4 is 4.74 Å². The average molecular weight is 455 g/mol. The summed E-state index contributed by atoms with van der Waals surface area (Å²) in [6.45, 7) is 0. The second-order valence-corrected chi connectivity index (χ2v) is 8.72. The number of hydrogen-bond acceptors (Lipinski definition) is 5. The van der Waals surface area contributed by atoms with E-state index in [1.54, 1.807) is 43.5 Å². The second-order valence-electron chi connectivity index (χ2n) is 8.72. The van der Waals surface area contributed by atoms with Crippen LogP contribution in [0.4, 0.5) is 0 Å². The Morgan fingerprint density at radius 1 is 0.676 bits per heavy atom. The van der Waals surface area contributed by atoms with Crippen molar-refractivity contribution >= 4 is 0 Å². The van der Waals surface area contributed by atoms with Crippen LogP contribution in [0.3, 0.4) is 0 Å². The van der Waals surface area contributed by atoms with E-state index in [0.29, 0.717) is 30.6 Å². The van der Waals surface area contributed by atoms with Crippen molar-refractivity contribution in [2.24, 2.45) is 0 Å². The standard InChI is InChI=1S/C29H26O5/c1-34-29-26(15-18-4-9-21(31)10-5-18)28(33)25(14-17-2-7-20(30)8-3-17)24-12-6-19-16-22(32)11-13-23(19)27(24)29/h2-5,7-11,13,16,30-33H,6,12,14-15H2,1H3. The quantitative estimate of drug-likeness (QED) is 0.321. The van der Waals surface area contributed by atoms with E-state index in [0.717, 1.165) is 45.4 Å². The van der Waals surface area contributed by atoms with Crippen LogP contribution in [0.1, 0.15) is 33.4 Å². The van der Waals surface area contributed by atoms with Crippen molar-refractivity contribution in [3.63, 3.8) is 0 Å². The Balaban J connectivity index is 1.74. The molecule has 0 aliphatic heterocycles. The molecule has 0 amide bonds. The number of aryl methyl sites for hydroxylation is 1. The minimum atomic E-state index is 0.187. The molecule has 0 unspecified atom stereocenters. The Morgan fingerprint density at radius 2 is 1.24 bits per heavy atom. The summed E-state index contributed by atoms with van der Waals surface area (Å²) in [5.41, 5.74) is 7.46. The SMILES string of the molecule is COc1c(Cc2ccc(O)cc2)c(O)c(Cc2ccc(O)cc2)c2c1-c1ccc(O)cc1CC2. The van der Waals surface area contributed by atoms with Crippen LogP contribution in [0.5, 0.6) is 28.7 Å². The highest BCUT2D eigenvalue weighted by Crippen LogP contribution is 2.49. The van der Waals surface area contributed by atoms with Crippen LogP contribution in [0.15, 0.2) is 66.7 Å². The first-order chi connectivity index (χ1) is 16.4. The molecule has 0 fully saturated rings. The molecule has 0 aromatic heterocycles. The molecule has 4 aromatic carbocycles. The van der Waals surface area contributed by atoms with E-state index in [-0.39, 0.29) is 23.0 Å². The van der Waals surface area contributed by atoms with Gasteiger partial charge in [0.15, 0.2) is 0 Å². The molecule has 4 aromatic rings. The topological polar surface area (TPSA) is 90.2 Å². The molecule has 0 bridgehead atoms. The number of methoxy groups -OCH3 is 1. The van der Waals surface area contributed by atoms with Gasteiger partial charge in [0.05, 0.1) is 7.11 Å². The van der Waals surface area contributed by atoms with Gasteiger partial charge in [-0.25, -0.2) is 0 Å². The third-order valence-corrected chi connectivity index (χ3v) is 6.58. The van der Waals surface area contributed by atoms with Crippen molar-refractivity contribution < 1.29 is 25.2 Å². The molecule has 5 heteroatoms. The van der Waals surface area contributed by atoms with E-state index in [9.17, 15) is 20.4 Å². The van der Waals surface area contributed by atoms with Crippen molar-refractivity contribution in [3.05, 3.63) is 100 Å². The smallest absolute Gasteiger partial charge is 0.134 e. The van der Waals surface area contributed by atoms with Crippen molar-refractivity contribution in [2.45, 2.75) is 25.7 Å². The first-order valence-electron chi connectivity index (χ1n) is 11.3. The fraction of sp³-hybridized carbons (Fsp3) is 0.172. The van der Waals surface area contributed by atoms with Crippen molar-refractivity contribution in [1.29, 1.82) is 0 Å². The number of benzene rings is 4. The highest BCUT2D eigenvalue weighted by atomic mass is 16.5. The number of fused-ring (bicyclic) bond motifs is 3. The third-order valence-electron chi connectivity index (χ3n) is 6.58. The van der Waals surface area contributed by atoms with Gasteiger partial charge in [-0.15, -0.1) is 0 Å². The Kier molecular flexibility index (Phi) is 5.54. The minimum absolute atomic E-state index is 0.187. The largest absolute Gasteiger partial charge is 0.508 e. The predicted octanol–water partition coefficient (Wildman–Crippen LogP) is 5.46. The van der Waals surface area contributed by atoms with Gasteiger partial charge in [-0.2, -0.15) is 0 Å². The summed E-state index contributed by atoms with van der Waals surface area (Å²) >= 11 is 0. The van der Waals surface area contributed by atoms with Crippen LogP contribution in [0.25, 0.3) is 11.1 Å². The lowest BCUT2D eigenvalue weighted by Crippen LogP contribution is -2.12. The summed E-state index contributed by atoms with van der Waals surface area (Å²) in [5.74, 6) is 1.45. The molecule has 0 spiro atoms. The maximum atomic E-state index is 11.6. The molecule has 0 saturated carbocycles. The van der Waals surface area contributed by atoms with E-state index in [1.807, 2.05) is 30.3 Å². The highest BCUT2D eigenvalue weighted by molar-refractivity contribution is 5.84. The van der Waals surface area contributed by atoms with E-state index in [2.05, 4.69) is 0 Å². The minimum Gasteiger partial charge on any atom is -0.508 e. The number of ether oxygens (including phenoxy) is 1. The summed E-state index contributed by atoms with van der Waals surface area (Å²) < 4.78 is 5.92. The van der Waals surface area contributed by atoms with Crippen LogP contribution in [-0.4, -0.2) is 27.5 Å². The summed E-state index contributed by atoms with van der Waals surface area (Å²) in [5, 5.41) is 41.0. The molecule has 1 aliphatic rings. The monoisotopic (exact) mass is 454 g/mol. The van der Waals surface area contributed by atoms with Crippen LogP contribution in [0, 0.1) is 0 Å². The zero-order valence-corrected chi connectivity index (χ0v) is 18.9. The van der Waals surface area contributed by atoms with Crippen LogP contribution >= 0.6 is 0 Å². The van der Waals surface area contributed by atoms with Gasteiger partial charge in [-0.3, -0.25) is 0 Å². The fourth-order valence-electron chi connectivity index (χ4n) is 4.94. The first-order valence-corrected chi connectivity index (χ1v) is 11.3. The summed E-state index contributed by atoms with van der Waals surface area (Å²) in [7, 11) is 1.61. The van der Waals surface area contributed by atoms with Crippen LogP contribution in [-0.2, 0) is 25.7 Å². The maximum absolute atomic E-state index is 11.6. The molecule has 0 atom stereocenters. The molecular formula is C29H26O5. The van der Waals surface area contributed by atoms with Gasteiger partial charge in [0.25, 0.3) is 0 Å². The lowest BCUT2D eigenvalue weighted by Gasteiger charge is -2.28. The maximum Gasteiger partial charge on any atom is 0.134 e. The Morgan fingerprint density at radius 3 is 1.82 bits per heavy atom. The van der Waals surface area contributed by atoms with Crippen molar-refractivity contribution in [3.8, 4) is 39.9 Å². The van der Waals surface area contributed by atoms with Crippen molar-refractivity contribution in [2.75, 3.05) is 7.11 Å². The van der Waals surface area contributed by atoms with E-state index in [1.165, 1.54) is 0 Å². The van der Waals surface area contributed by atoms with Gasteiger partial charge in [0, 0.05) is 29.5 Å². The lowest BCUT2D eigenvalue weighted by molar-refractivity contribution is 0.400. The summed E-state index contributed by atoms with van der Waals surface area (Å²) in [6, 6.07) is 19.3. The van der Waals surface area contributed by atoms with E-state index >= 15 is 0 Å². The molecule has 0 radical (unpaired) electrons. The van der Waals surface area contributed by atoms with Gasteiger partial charge in [0.2, 0.25) is 0 Å². The Bertz CT molecular complexity index is 1290. The van der Waals surface area contributed by atoms with Gasteiger partial charge in [-0.1, -0.05) is 30.3 Å². The molecule has 4 N–H and O–H groups in total. The van der Waals surface area contributed by atoms with Gasteiger partial charge in [0.1, 0.15) is 28.7 Å². The molecule has 5 rings (SSSR count). The predicted molar refractivity (Wildman–Crippen MR) is 131 cm³/mol. The van der Waals surface area contributed by atoms with Gasteiger partial charge in [-0.05, 0) is 77.1 Å². The van der Waals surface area contributed by atoms with E-state index < -0.39 is 0 Å². The number of rotatable bonds is 5. The van der Waals surface area contributed by atoms with Gasteiger partial charge < -0.3 is 25.2 Å². The second kappa shape index (κ2) is 8.67. The number of aromatic hydroxyl groups is 4. The molecular weight excluding hydrogens is 428 g/mol. The zero-order chi connectivity index (χ0) is 23.8. The molecule has 0 heterocycles. The number of phenolic OH excluding ortho intramolecular Hbond substituents is 4. The lowest BCUT2D eigenvalue weighted by atomic mass is 9.79. The highest BCUT2D eigenvalue weighted by Gasteiger charge is 2.29. The zero-order valence-electron chi connectivity index (χ0n) is 18.9. The fourth-order valence-corrected chi connectivity index (χ4v) is 4.94. The van der Waals surface area contributed by atoms with Gasteiger partial charge >= 0.3 is 0 Å². The van der Waals surface area contributed by atoms with E-state index in [4.69, 9.17) is 4.74 Å². The summed E-state index contributed by atoms with van der Waals surface area (Å²) in [4.78, 5) is 0. The normalized spacial score (nSPS) is 12.1. The Hall–Kier alpha value is -4.12. The number of hydrogen-bond donors (Lipinski definition) is 4. The number of phenols is 4. The first kappa shape index (κ1) is 21.7. The third kappa shape index (κ3) is 3.90. The molecule has 0 saturated heterocycles. The average Bonchev–Trinajstić information content (AvgIpc) is 2.84. The molecule has 172 valence electrons.